The highest BCUT2D eigenvalue weighted by Gasteiger charge is 2.14. The van der Waals surface area contributed by atoms with E-state index >= 15 is 0 Å². The SMILES string of the molecule is COc1cc(CNCC2CSCCS2)cc(Br)c1OC. The average molecular weight is 378 g/mol. The third kappa shape index (κ3) is 4.48. The number of ether oxygens (including phenoxy) is 2. The molecule has 2 rings (SSSR count). The van der Waals surface area contributed by atoms with Gasteiger partial charge in [0.05, 0.1) is 18.7 Å². The Bertz CT molecular complexity index is 439. The van der Waals surface area contributed by atoms with Crippen LogP contribution in [0.3, 0.4) is 0 Å². The minimum absolute atomic E-state index is 0.734. The van der Waals surface area contributed by atoms with E-state index in [0.29, 0.717) is 0 Å². The quantitative estimate of drug-likeness (QED) is 0.820. The van der Waals surface area contributed by atoms with Gasteiger partial charge in [0.25, 0.3) is 0 Å². The maximum Gasteiger partial charge on any atom is 0.174 e. The van der Waals surface area contributed by atoms with Gasteiger partial charge in [-0.05, 0) is 33.6 Å². The molecule has 1 N–H and O–H groups in total. The zero-order valence-corrected chi connectivity index (χ0v) is 15.0. The normalized spacial score (nSPS) is 18.9. The van der Waals surface area contributed by atoms with Crippen LogP contribution in [0.1, 0.15) is 5.56 Å². The molecule has 20 heavy (non-hydrogen) atoms. The lowest BCUT2D eigenvalue weighted by atomic mass is 10.2. The van der Waals surface area contributed by atoms with Crippen LogP contribution in [0, 0.1) is 0 Å². The van der Waals surface area contributed by atoms with E-state index in [1.165, 1.54) is 22.8 Å². The van der Waals surface area contributed by atoms with Crippen molar-refractivity contribution in [3.63, 3.8) is 0 Å². The summed E-state index contributed by atoms with van der Waals surface area (Å²) in [6, 6.07) is 4.11. The second-order valence-corrected chi connectivity index (χ2v) is 7.92. The van der Waals surface area contributed by atoms with Gasteiger partial charge in [-0.1, -0.05) is 0 Å². The summed E-state index contributed by atoms with van der Waals surface area (Å²) in [6.07, 6.45) is 0. The molecule has 1 heterocycles. The van der Waals surface area contributed by atoms with Crippen molar-refractivity contribution in [1.29, 1.82) is 0 Å². The summed E-state index contributed by atoms with van der Waals surface area (Å²) in [7, 11) is 3.32. The molecule has 1 atom stereocenters. The molecule has 0 spiro atoms. The summed E-state index contributed by atoms with van der Waals surface area (Å²) in [4.78, 5) is 0. The molecule has 1 aliphatic heterocycles. The number of rotatable bonds is 6. The Balaban J connectivity index is 1.90. The zero-order valence-electron chi connectivity index (χ0n) is 11.8. The number of halogens is 1. The third-order valence-corrected chi connectivity index (χ3v) is 6.51. The Morgan fingerprint density at radius 1 is 1.30 bits per heavy atom. The second kappa shape index (κ2) is 8.41. The van der Waals surface area contributed by atoms with Crippen molar-refractivity contribution in [2.24, 2.45) is 0 Å². The maximum absolute atomic E-state index is 5.36. The van der Waals surface area contributed by atoms with E-state index in [1.54, 1.807) is 14.2 Å². The highest BCUT2D eigenvalue weighted by molar-refractivity contribution is 9.10. The van der Waals surface area contributed by atoms with Gasteiger partial charge in [0.15, 0.2) is 11.5 Å². The number of nitrogens with one attached hydrogen (secondary N) is 1. The van der Waals surface area contributed by atoms with Crippen molar-refractivity contribution in [2.75, 3.05) is 38.0 Å². The summed E-state index contributed by atoms with van der Waals surface area (Å²) < 4.78 is 11.6. The molecule has 1 aliphatic rings. The fourth-order valence-electron chi connectivity index (χ4n) is 2.11. The zero-order chi connectivity index (χ0) is 14.4. The predicted molar refractivity (Wildman–Crippen MR) is 92.5 cm³/mol. The van der Waals surface area contributed by atoms with Gasteiger partial charge in [-0.2, -0.15) is 23.5 Å². The highest BCUT2D eigenvalue weighted by atomic mass is 79.9. The van der Waals surface area contributed by atoms with E-state index < -0.39 is 0 Å². The molecule has 1 fully saturated rings. The van der Waals surface area contributed by atoms with Gasteiger partial charge < -0.3 is 14.8 Å². The minimum Gasteiger partial charge on any atom is -0.493 e. The van der Waals surface area contributed by atoms with Crippen LogP contribution in [0.25, 0.3) is 0 Å². The summed E-state index contributed by atoms with van der Waals surface area (Å²) in [5.74, 6) is 5.34. The highest BCUT2D eigenvalue weighted by Crippen LogP contribution is 2.36. The second-order valence-electron chi connectivity index (χ2n) is 4.51. The van der Waals surface area contributed by atoms with Crippen LogP contribution in [0.5, 0.6) is 11.5 Å². The molecule has 0 aromatic heterocycles. The number of methoxy groups -OCH3 is 2. The Kier molecular flexibility index (Phi) is 6.87. The van der Waals surface area contributed by atoms with Crippen molar-refractivity contribution < 1.29 is 9.47 Å². The largest absolute Gasteiger partial charge is 0.493 e. The Hall–Kier alpha value is -0.0400. The first-order valence-corrected chi connectivity index (χ1v) is 9.54. The molecule has 0 radical (unpaired) electrons. The van der Waals surface area contributed by atoms with Crippen molar-refractivity contribution in [3.05, 3.63) is 22.2 Å². The van der Waals surface area contributed by atoms with Crippen LogP contribution in [0.4, 0.5) is 0 Å². The van der Waals surface area contributed by atoms with Crippen LogP contribution in [0.2, 0.25) is 0 Å². The lowest BCUT2D eigenvalue weighted by molar-refractivity contribution is 0.352. The van der Waals surface area contributed by atoms with E-state index in [2.05, 4.69) is 50.8 Å². The molecule has 1 aromatic rings. The lowest BCUT2D eigenvalue weighted by Crippen LogP contribution is -2.28. The topological polar surface area (TPSA) is 30.5 Å². The molecule has 6 heteroatoms. The van der Waals surface area contributed by atoms with Crippen LogP contribution in [-0.2, 0) is 6.54 Å². The molecular weight excluding hydrogens is 358 g/mol. The number of hydrogen-bond acceptors (Lipinski definition) is 5. The van der Waals surface area contributed by atoms with E-state index in [-0.39, 0.29) is 0 Å². The van der Waals surface area contributed by atoms with Crippen molar-refractivity contribution in [1.82, 2.24) is 5.32 Å². The Morgan fingerprint density at radius 2 is 2.15 bits per heavy atom. The Labute approximate surface area is 137 Å². The third-order valence-electron chi connectivity index (χ3n) is 3.08. The molecule has 1 saturated heterocycles. The number of benzene rings is 1. The molecule has 0 aliphatic carbocycles. The Morgan fingerprint density at radius 3 is 2.80 bits per heavy atom. The van der Waals surface area contributed by atoms with Gasteiger partial charge in [0.2, 0.25) is 0 Å². The van der Waals surface area contributed by atoms with Crippen LogP contribution >= 0.6 is 39.5 Å². The van der Waals surface area contributed by atoms with E-state index in [0.717, 1.165) is 34.3 Å². The van der Waals surface area contributed by atoms with Crippen molar-refractivity contribution in [2.45, 2.75) is 11.8 Å². The number of thioether (sulfide) groups is 2. The summed E-state index contributed by atoms with van der Waals surface area (Å²) >= 11 is 7.66. The fraction of sp³-hybridized carbons (Fsp3) is 0.571. The maximum atomic E-state index is 5.36. The van der Waals surface area contributed by atoms with E-state index in [1.807, 2.05) is 6.07 Å². The van der Waals surface area contributed by atoms with E-state index in [9.17, 15) is 0 Å². The van der Waals surface area contributed by atoms with Gasteiger partial charge >= 0.3 is 0 Å². The molecule has 3 nitrogen and oxygen atoms in total. The van der Waals surface area contributed by atoms with Crippen molar-refractivity contribution in [3.8, 4) is 11.5 Å². The first-order valence-electron chi connectivity index (χ1n) is 6.55. The fourth-order valence-corrected chi connectivity index (χ4v) is 5.40. The molecule has 1 unspecified atom stereocenters. The summed E-state index contributed by atoms with van der Waals surface area (Å²) in [5.41, 5.74) is 1.20. The van der Waals surface area contributed by atoms with Crippen molar-refractivity contribution >= 4 is 39.5 Å². The van der Waals surface area contributed by atoms with Gasteiger partial charge in [-0.25, -0.2) is 0 Å². The molecular formula is C14H20BrNO2S2. The van der Waals surface area contributed by atoms with Crippen LogP contribution in [-0.4, -0.2) is 43.3 Å². The molecule has 1 aromatic carbocycles. The minimum atomic E-state index is 0.734. The monoisotopic (exact) mass is 377 g/mol. The predicted octanol–water partition coefficient (Wildman–Crippen LogP) is 3.40. The first kappa shape index (κ1) is 16.3. The van der Waals surface area contributed by atoms with Crippen LogP contribution < -0.4 is 14.8 Å². The summed E-state index contributed by atoms with van der Waals surface area (Å²) in [5, 5.41) is 4.27. The van der Waals surface area contributed by atoms with Crippen LogP contribution in [0.15, 0.2) is 16.6 Å². The van der Waals surface area contributed by atoms with E-state index in [4.69, 9.17) is 9.47 Å². The van der Waals surface area contributed by atoms with Gasteiger partial charge in [-0.15, -0.1) is 0 Å². The molecule has 0 bridgehead atoms. The standard InChI is InChI=1S/C14H20BrNO2S2/c1-17-13-6-10(5-12(15)14(13)18-2)7-16-8-11-9-19-3-4-20-11/h5-6,11,16H,3-4,7-9H2,1-2H3. The lowest BCUT2D eigenvalue weighted by Gasteiger charge is -2.21. The smallest absolute Gasteiger partial charge is 0.174 e. The molecule has 0 saturated carbocycles. The van der Waals surface area contributed by atoms with Gasteiger partial charge in [0, 0.05) is 35.6 Å². The van der Waals surface area contributed by atoms with Gasteiger partial charge in [-0.3, -0.25) is 0 Å². The first-order chi connectivity index (χ1) is 9.74. The number of hydrogen-bond donors (Lipinski definition) is 1. The molecule has 112 valence electrons. The average Bonchev–Trinajstić information content (AvgIpc) is 2.47. The summed E-state index contributed by atoms with van der Waals surface area (Å²) in [6.45, 7) is 1.91. The van der Waals surface area contributed by atoms with Gasteiger partial charge in [0.1, 0.15) is 0 Å². The molecule has 0 amide bonds.